The molecular formula is C25H27N3O5S2. The van der Waals surface area contributed by atoms with E-state index in [1.54, 1.807) is 31.2 Å². The molecule has 1 aromatic heterocycles. The highest BCUT2D eigenvalue weighted by Crippen LogP contribution is 2.32. The summed E-state index contributed by atoms with van der Waals surface area (Å²) in [7, 11) is -3.52. The van der Waals surface area contributed by atoms with Crippen molar-refractivity contribution in [3.05, 3.63) is 65.0 Å². The first-order valence-electron chi connectivity index (χ1n) is 11.5. The van der Waals surface area contributed by atoms with Gasteiger partial charge in [0.15, 0.2) is 5.13 Å². The van der Waals surface area contributed by atoms with E-state index >= 15 is 0 Å². The fraction of sp³-hybridized carbons (Fsp3) is 0.320. The molecule has 1 aliphatic rings. The third-order valence-corrected chi connectivity index (χ3v) is 8.49. The van der Waals surface area contributed by atoms with Crippen molar-refractivity contribution in [3.8, 4) is 11.3 Å². The van der Waals surface area contributed by atoms with Crippen LogP contribution in [0.1, 0.15) is 41.4 Å². The average molecular weight is 514 g/mol. The van der Waals surface area contributed by atoms with Crippen molar-refractivity contribution in [3.63, 3.8) is 0 Å². The van der Waals surface area contributed by atoms with Crippen molar-refractivity contribution < 1.29 is 22.7 Å². The Hall–Kier alpha value is -3.08. The van der Waals surface area contributed by atoms with Gasteiger partial charge in [0, 0.05) is 18.7 Å². The summed E-state index contributed by atoms with van der Waals surface area (Å²) in [4.78, 5) is 30.1. The molecule has 1 N–H and O–H groups in total. The number of aromatic nitrogens is 1. The molecule has 1 fully saturated rings. The first-order valence-corrected chi connectivity index (χ1v) is 13.8. The lowest BCUT2D eigenvalue weighted by Gasteiger charge is -2.25. The van der Waals surface area contributed by atoms with Crippen LogP contribution in [0, 0.1) is 0 Å². The van der Waals surface area contributed by atoms with E-state index in [1.807, 2.05) is 30.3 Å². The zero-order valence-electron chi connectivity index (χ0n) is 19.4. The number of nitrogens with zero attached hydrogens (tertiary/aromatic N) is 2. The molecule has 0 radical (unpaired) electrons. The average Bonchev–Trinajstić information content (AvgIpc) is 3.29. The number of benzene rings is 2. The number of thiazole rings is 1. The Balaban J connectivity index is 1.46. The molecule has 1 saturated heterocycles. The maximum Gasteiger partial charge on any atom is 0.350 e. The number of anilines is 1. The molecule has 0 aliphatic carbocycles. The molecule has 0 unspecified atom stereocenters. The van der Waals surface area contributed by atoms with Crippen LogP contribution in [0.5, 0.6) is 0 Å². The standard InChI is InChI=1S/C25H27N3O5S2/c1-2-33-24(30)23-22(19-9-5-3-6-10-19)27-25(34-23)26-21(29)17-18-11-13-20(14-12-18)35(31,32)28-15-7-4-8-16-28/h3,5-6,9-14H,2,4,7-8,15-17H2,1H3,(H,26,27,29). The molecule has 0 spiro atoms. The van der Waals surface area contributed by atoms with Crippen molar-refractivity contribution in [2.75, 3.05) is 25.0 Å². The fourth-order valence-electron chi connectivity index (χ4n) is 3.88. The van der Waals surface area contributed by atoms with Gasteiger partial charge < -0.3 is 10.1 Å². The van der Waals surface area contributed by atoms with Gasteiger partial charge in [0.2, 0.25) is 15.9 Å². The van der Waals surface area contributed by atoms with Crippen LogP contribution in [0.3, 0.4) is 0 Å². The molecule has 35 heavy (non-hydrogen) atoms. The lowest BCUT2D eigenvalue weighted by Crippen LogP contribution is -2.35. The van der Waals surface area contributed by atoms with Gasteiger partial charge in [-0.1, -0.05) is 60.2 Å². The zero-order chi connectivity index (χ0) is 24.8. The summed E-state index contributed by atoms with van der Waals surface area (Å²) in [5.74, 6) is -0.810. The van der Waals surface area contributed by atoms with Gasteiger partial charge in [0.1, 0.15) is 4.88 Å². The Kier molecular flexibility index (Phi) is 7.94. The quantitative estimate of drug-likeness (QED) is 0.449. The normalized spacial score (nSPS) is 14.4. The first kappa shape index (κ1) is 25.0. The number of esters is 1. The molecule has 2 heterocycles. The SMILES string of the molecule is CCOC(=O)c1sc(NC(=O)Cc2ccc(S(=O)(=O)N3CCCCC3)cc2)nc1-c1ccccc1. The predicted octanol–water partition coefficient (Wildman–Crippen LogP) is 4.34. The fourth-order valence-corrected chi connectivity index (χ4v) is 6.30. The molecule has 0 atom stereocenters. The van der Waals surface area contributed by atoms with Crippen LogP contribution in [-0.2, 0) is 26.0 Å². The third-order valence-electron chi connectivity index (χ3n) is 5.62. The van der Waals surface area contributed by atoms with E-state index < -0.39 is 16.0 Å². The van der Waals surface area contributed by atoms with E-state index in [4.69, 9.17) is 4.74 Å². The van der Waals surface area contributed by atoms with E-state index in [-0.39, 0.29) is 23.8 Å². The van der Waals surface area contributed by atoms with Gasteiger partial charge in [-0.3, -0.25) is 4.79 Å². The van der Waals surface area contributed by atoms with E-state index in [9.17, 15) is 18.0 Å². The predicted molar refractivity (Wildman–Crippen MR) is 135 cm³/mol. The van der Waals surface area contributed by atoms with E-state index in [0.29, 0.717) is 34.4 Å². The Labute approximate surface area is 209 Å². The molecule has 2 aromatic carbocycles. The van der Waals surface area contributed by atoms with Gasteiger partial charge in [-0.2, -0.15) is 4.31 Å². The third kappa shape index (κ3) is 5.95. The molecule has 184 valence electrons. The van der Waals surface area contributed by atoms with Gasteiger partial charge >= 0.3 is 5.97 Å². The van der Waals surface area contributed by atoms with Crippen molar-refractivity contribution in [2.45, 2.75) is 37.5 Å². The lowest BCUT2D eigenvalue weighted by molar-refractivity contribution is -0.115. The topological polar surface area (TPSA) is 106 Å². The number of amides is 1. The molecule has 1 aliphatic heterocycles. The molecular weight excluding hydrogens is 486 g/mol. The van der Waals surface area contributed by atoms with Crippen molar-refractivity contribution >= 4 is 38.4 Å². The summed E-state index contributed by atoms with van der Waals surface area (Å²) in [6.45, 7) is 3.04. The van der Waals surface area contributed by atoms with Gasteiger partial charge in [0.05, 0.1) is 23.6 Å². The number of hydrogen-bond acceptors (Lipinski definition) is 7. The van der Waals surface area contributed by atoms with Crippen LogP contribution in [0.15, 0.2) is 59.5 Å². The highest BCUT2D eigenvalue weighted by Gasteiger charge is 2.26. The number of hydrogen-bond donors (Lipinski definition) is 1. The maximum absolute atomic E-state index is 12.8. The highest BCUT2D eigenvalue weighted by molar-refractivity contribution is 7.89. The van der Waals surface area contributed by atoms with Crippen molar-refractivity contribution in [1.29, 1.82) is 0 Å². The van der Waals surface area contributed by atoms with E-state index in [1.165, 1.54) is 4.31 Å². The molecule has 10 heteroatoms. The van der Waals surface area contributed by atoms with E-state index in [0.717, 1.165) is 36.2 Å². The first-order chi connectivity index (χ1) is 16.9. The summed E-state index contributed by atoms with van der Waals surface area (Å²) in [5, 5.41) is 3.04. The summed E-state index contributed by atoms with van der Waals surface area (Å²) >= 11 is 1.06. The summed E-state index contributed by atoms with van der Waals surface area (Å²) in [6.07, 6.45) is 2.84. The number of ether oxygens (including phenoxy) is 1. The molecule has 0 saturated carbocycles. The number of sulfonamides is 1. The Morgan fingerprint density at radius 2 is 1.71 bits per heavy atom. The second kappa shape index (κ2) is 11.1. The Bertz CT molecular complexity index is 1280. The van der Waals surface area contributed by atoms with Gasteiger partial charge in [0.25, 0.3) is 0 Å². The second-order valence-electron chi connectivity index (χ2n) is 8.12. The van der Waals surface area contributed by atoms with Gasteiger partial charge in [-0.15, -0.1) is 0 Å². The number of rotatable bonds is 8. The minimum atomic E-state index is -3.52. The maximum atomic E-state index is 12.8. The van der Waals surface area contributed by atoms with Gasteiger partial charge in [-0.05, 0) is 37.5 Å². The largest absolute Gasteiger partial charge is 0.462 e. The van der Waals surface area contributed by atoms with Crippen molar-refractivity contribution in [1.82, 2.24) is 9.29 Å². The molecule has 4 rings (SSSR count). The minimum Gasteiger partial charge on any atom is -0.462 e. The van der Waals surface area contributed by atoms with Crippen LogP contribution in [0.4, 0.5) is 5.13 Å². The minimum absolute atomic E-state index is 0.0407. The molecule has 8 nitrogen and oxygen atoms in total. The molecule has 0 bridgehead atoms. The van der Waals surface area contributed by atoms with E-state index in [2.05, 4.69) is 10.3 Å². The summed E-state index contributed by atoms with van der Waals surface area (Å²) in [5.41, 5.74) is 1.87. The molecule has 3 aromatic rings. The number of carbonyl (C=O) groups is 2. The second-order valence-corrected chi connectivity index (χ2v) is 11.1. The van der Waals surface area contributed by atoms with Crippen LogP contribution < -0.4 is 5.32 Å². The Morgan fingerprint density at radius 1 is 1.03 bits per heavy atom. The Morgan fingerprint density at radius 3 is 2.37 bits per heavy atom. The van der Waals surface area contributed by atoms with Crippen LogP contribution in [0.2, 0.25) is 0 Å². The lowest BCUT2D eigenvalue weighted by atomic mass is 10.1. The highest BCUT2D eigenvalue weighted by atomic mass is 32.2. The number of nitrogens with one attached hydrogen (secondary N) is 1. The van der Waals surface area contributed by atoms with Crippen LogP contribution >= 0.6 is 11.3 Å². The summed E-state index contributed by atoms with van der Waals surface area (Å²) < 4.78 is 32.3. The number of piperidine rings is 1. The van der Waals surface area contributed by atoms with Crippen LogP contribution in [0.25, 0.3) is 11.3 Å². The van der Waals surface area contributed by atoms with Gasteiger partial charge in [-0.25, -0.2) is 18.2 Å². The van der Waals surface area contributed by atoms with Crippen LogP contribution in [-0.4, -0.2) is 49.3 Å². The zero-order valence-corrected chi connectivity index (χ0v) is 21.0. The molecule has 1 amide bonds. The smallest absolute Gasteiger partial charge is 0.350 e. The summed E-state index contributed by atoms with van der Waals surface area (Å²) in [6, 6.07) is 15.6. The number of carbonyl (C=O) groups excluding carboxylic acids is 2. The van der Waals surface area contributed by atoms with Crippen molar-refractivity contribution in [2.24, 2.45) is 0 Å². The monoisotopic (exact) mass is 513 g/mol.